The van der Waals surface area contributed by atoms with Gasteiger partial charge in [0, 0.05) is 53.0 Å². The molecule has 3 rings (SSSR count). The number of hydrogen-bond acceptors (Lipinski definition) is 6. The van der Waals surface area contributed by atoms with Crippen LogP contribution in [0.25, 0.3) is 0 Å². The summed E-state index contributed by atoms with van der Waals surface area (Å²) in [6.07, 6.45) is 1.68. The van der Waals surface area contributed by atoms with Crippen LogP contribution in [0.4, 0.5) is 5.82 Å². The molecule has 31 heavy (non-hydrogen) atoms. The second kappa shape index (κ2) is 9.33. The van der Waals surface area contributed by atoms with E-state index in [-0.39, 0.29) is 16.4 Å². The maximum atomic E-state index is 12.4. The predicted molar refractivity (Wildman–Crippen MR) is 120 cm³/mol. The van der Waals surface area contributed by atoms with Crippen molar-refractivity contribution in [1.29, 1.82) is 0 Å². The van der Waals surface area contributed by atoms with Gasteiger partial charge < -0.3 is 10.0 Å². The third kappa shape index (κ3) is 5.06. The summed E-state index contributed by atoms with van der Waals surface area (Å²) in [5.74, 6) is -0.328. The Hall–Kier alpha value is -2.49. The number of piperazine rings is 1. The molecule has 1 saturated heterocycles. The average Bonchev–Trinajstić information content (AvgIpc) is 2.73. The monoisotopic (exact) mass is 446 g/mol. The van der Waals surface area contributed by atoms with Crippen molar-refractivity contribution in [2.24, 2.45) is 0 Å². The number of aromatic nitrogens is 1. The first-order chi connectivity index (χ1) is 14.6. The number of rotatable bonds is 7. The molecule has 0 saturated carbocycles. The lowest BCUT2D eigenvalue weighted by molar-refractivity contribution is 0.0695. The zero-order valence-electron chi connectivity index (χ0n) is 18.4. The minimum absolute atomic E-state index is 0.0971. The van der Waals surface area contributed by atoms with Gasteiger partial charge in [-0.25, -0.2) is 22.5 Å². The quantitative estimate of drug-likeness (QED) is 0.698. The van der Waals surface area contributed by atoms with Gasteiger partial charge in [0.1, 0.15) is 11.4 Å². The standard InChI is InChI=1S/C22H30N4O4S/c1-16(2)19-8-9-23-21(20(19)22(27)28)26-12-10-25(11-13-26)15-17-6-5-7-18(14-17)31(29,30)24(3)4/h5-9,14,16H,10-13,15H2,1-4H3,(H,27,28). The normalized spacial score (nSPS) is 15.6. The second-order valence-corrected chi connectivity index (χ2v) is 10.4. The van der Waals surface area contributed by atoms with Gasteiger partial charge in [-0.1, -0.05) is 26.0 Å². The summed E-state index contributed by atoms with van der Waals surface area (Å²) in [7, 11) is -0.421. The molecule has 0 aliphatic carbocycles. The fraction of sp³-hybridized carbons (Fsp3) is 0.455. The molecule has 1 fully saturated rings. The lowest BCUT2D eigenvalue weighted by Crippen LogP contribution is -2.46. The Balaban J connectivity index is 1.72. The van der Waals surface area contributed by atoms with Crippen LogP contribution in [0.5, 0.6) is 0 Å². The van der Waals surface area contributed by atoms with Gasteiger partial charge in [0.25, 0.3) is 0 Å². The van der Waals surface area contributed by atoms with Gasteiger partial charge in [0.15, 0.2) is 0 Å². The molecule has 1 aliphatic heterocycles. The number of hydrogen-bond donors (Lipinski definition) is 1. The predicted octanol–water partition coefficient (Wildman–Crippen LogP) is 2.48. The molecule has 1 aliphatic rings. The van der Waals surface area contributed by atoms with Crippen molar-refractivity contribution in [2.75, 3.05) is 45.2 Å². The molecule has 2 heterocycles. The topological polar surface area (TPSA) is 94.1 Å². The minimum atomic E-state index is -3.47. The van der Waals surface area contributed by atoms with Crippen LogP contribution in [0.15, 0.2) is 41.4 Å². The largest absolute Gasteiger partial charge is 0.478 e. The van der Waals surface area contributed by atoms with E-state index in [2.05, 4.69) is 9.88 Å². The number of carboxylic acid groups (broad SMARTS) is 1. The van der Waals surface area contributed by atoms with Crippen LogP contribution in [-0.2, 0) is 16.6 Å². The molecule has 0 spiro atoms. The molecule has 0 bridgehead atoms. The Morgan fingerprint density at radius 2 is 1.84 bits per heavy atom. The lowest BCUT2D eigenvalue weighted by Gasteiger charge is -2.36. The Morgan fingerprint density at radius 1 is 1.16 bits per heavy atom. The SMILES string of the molecule is CC(C)c1ccnc(N2CCN(Cc3cccc(S(=O)(=O)N(C)C)c3)CC2)c1C(=O)O. The number of carboxylic acids is 1. The summed E-state index contributed by atoms with van der Waals surface area (Å²) in [6.45, 7) is 7.38. The first-order valence-electron chi connectivity index (χ1n) is 10.3. The van der Waals surface area contributed by atoms with Crippen LogP contribution in [0.3, 0.4) is 0 Å². The summed E-state index contributed by atoms with van der Waals surface area (Å²) in [4.78, 5) is 20.9. The van der Waals surface area contributed by atoms with Crippen molar-refractivity contribution < 1.29 is 18.3 Å². The Labute approximate surface area is 184 Å². The van der Waals surface area contributed by atoms with E-state index in [0.29, 0.717) is 25.5 Å². The van der Waals surface area contributed by atoms with E-state index in [0.717, 1.165) is 24.2 Å². The molecule has 9 heteroatoms. The Kier molecular flexibility index (Phi) is 6.98. The van der Waals surface area contributed by atoms with Crippen LogP contribution < -0.4 is 4.90 Å². The van der Waals surface area contributed by atoms with Gasteiger partial charge in [-0.3, -0.25) is 4.90 Å². The van der Waals surface area contributed by atoms with E-state index in [1.54, 1.807) is 30.5 Å². The number of anilines is 1. The van der Waals surface area contributed by atoms with Crippen molar-refractivity contribution in [1.82, 2.24) is 14.2 Å². The number of aromatic carboxylic acids is 1. The minimum Gasteiger partial charge on any atom is -0.478 e. The van der Waals surface area contributed by atoms with Crippen molar-refractivity contribution in [3.63, 3.8) is 0 Å². The van der Waals surface area contributed by atoms with Crippen LogP contribution in [0, 0.1) is 0 Å². The fourth-order valence-corrected chi connectivity index (χ4v) is 4.77. The van der Waals surface area contributed by atoms with Gasteiger partial charge in [-0.05, 0) is 35.2 Å². The Morgan fingerprint density at radius 3 is 2.42 bits per heavy atom. The summed E-state index contributed by atoms with van der Waals surface area (Å²) in [5.41, 5.74) is 2.01. The maximum Gasteiger partial charge on any atom is 0.339 e. The molecular formula is C22H30N4O4S. The fourth-order valence-electron chi connectivity index (χ4n) is 3.80. The zero-order chi connectivity index (χ0) is 22.8. The van der Waals surface area contributed by atoms with E-state index in [9.17, 15) is 18.3 Å². The van der Waals surface area contributed by atoms with E-state index in [1.165, 1.54) is 18.4 Å². The highest BCUT2D eigenvalue weighted by Gasteiger charge is 2.26. The number of nitrogens with zero attached hydrogens (tertiary/aromatic N) is 4. The van der Waals surface area contributed by atoms with Crippen molar-refractivity contribution in [3.8, 4) is 0 Å². The van der Waals surface area contributed by atoms with Gasteiger partial charge in [0.05, 0.1) is 4.90 Å². The third-order valence-electron chi connectivity index (χ3n) is 5.55. The zero-order valence-corrected chi connectivity index (χ0v) is 19.3. The smallest absolute Gasteiger partial charge is 0.339 e. The van der Waals surface area contributed by atoms with E-state index in [1.807, 2.05) is 24.8 Å². The number of benzene rings is 1. The van der Waals surface area contributed by atoms with Crippen LogP contribution in [-0.4, -0.2) is 74.0 Å². The summed E-state index contributed by atoms with van der Waals surface area (Å²) in [6, 6.07) is 8.80. The van der Waals surface area contributed by atoms with Gasteiger partial charge in [-0.15, -0.1) is 0 Å². The molecule has 1 N–H and O–H groups in total. The summed E-state index contributed by atoms with van der Waals surface area (Å²) < 4.78 is 26.0. The van der Waals surface area contributed by atoms with E-state index in [4.69, 9.17) is 0 Å². The molecule has 1 aromatic carbocycles. The van der Waals surface area contributed by atoms with Crippen molar-refractivity contribution in [2.45, 2.75) is 31.2 Å². The van der Waals surface area contributed by atoms with Crippen molar-refractivity contribution >= 4 is 21.8 Å². The Bertz CT molecular complexity index is 1050. The lowest BCUT2D eigenvalue weighted by atomic mass is 9.98. The van der Waals surface area contributed by atoms with Crippen molar-refractivity contribution in [3.05, 3.63) is 53.2 Å². The van der Waals surface area contributed by atoms with Gasteiger partial charge in [0.2, 0.25) is 10.0 Å². The number of carbonyl (C=O) groups is 1. The molecule has 0 radical (unpaired) electrons. The molecule has 0 unspecified atom stereocenters. The molecule has 0 amide bonds. The molecule has 0 atom stereocenters. The number of sulfonamides is 1. The van der Waals surface area contributed by atoms with Gasteiger partial charge in [-0.2, -0.15) is 0 Å². The molecule has 1 aromatic heterocycles. The van der Waals surface area contributed by atoms with Crippen LogP contribution in [0.2, 0.25) is 0 Å². The highest BCUT2D eigenvalue weighted by atomic mass is 32.2. The van der Waals surface area contributed by atoms with Gasteiger partial charge >= 0.3 is 5.97 Å². The second-order valence-electron chi connectivity index (χ2n) is 8.26. The average molecular weight is 447 g/mol. The summed E-state index contributed by atoms with van der Waals surface area (Å²) in [5, 5.41) is 9.77. The highest BCUT2D eigenvalue weighted by Crippen LogP contribution is 2.28. The van der Waals surface area contributed by atoms with E-state index >= 15 is 0 Å². The van der Waals surface area contributed by atoms with Crippen LogP contribution >= 0.6 is 0 Å². The molecule has 2 aromatic rings. The summed E-state index contributed by atoms with van der Waals surface area (Å²) >= 11 is 0. The molecule has 168 valence electrons. The third-order valence-corrected chi connectivity index (χ3v) is 7.37. The first kappa shape index (κ1) is 23.2. The van der Waals surface area contributed by atoms with Crippen LogP contribution in [0.1, 0.15) is 41.3 Å². The molecular weight excluding hydrogens is 416 g/mol. The van der Waals surface area contributed by atoms with E-state index < -0.39 is 16.0 Å². The maximum absolute atomic E-state index is 12.4. The molecule has 8 nitrogen and oxygen atoms in total. The highest BCUT2D eigenvalue weighted by molar-refractivity contribution is 7.89. The number of pyridine rings is 1. The first-order valence-corrected chi connectivity index (χ1v) is 11.8.